The highest BCUT2D eigenvalue weighted by molar-refractivity contribution is 8.00. The Morgan fingerprint density at radius 2 is 2.04 bits per heavy atom. The molecule has 5 nitrogen and oxygen atoms in total. The van der Waals surface area contributed by atoms with Crippen LogP contribution in [0.3, 0.4) is 0 Å². The summed E-state index contributed by atoms with van der Waals surface area (Å²) in [6.45, 7) is 4.73. The normalized spacial score (nSPS) is 11.0. The number of amides is 1. The van der Waals surface area contributed by atoms with Crippen molar-refractivity contribution in [2.24, 2.45) is 0 Å². The Labute approximate surface area is 161 Å². The van der Waals surface area contributed by atoms with Crippen molar-refractivity contribution >= 4 is 39.2 Å². The summed E-state index contributed by atoms with van der Waals surface area (Å²) in [5.41, 5.74) is 1.19. The molecule has 3 aromatic heterocycles. The number of hydrogen-bond donors (Lipinski definition) is 0. The van der Waals surface area contributed by atoms with E-state index in [0.717, 1.165) is 33.9 Å². The number of likely N-dealkylation sites (N-methyl/N-ethyl adjacent to an activating group) is 1. The molecule has 0 bridgehead atoms. The minimum Gasteiger partial charge on any atom is -0.345 e. The zero-order valence-corrected chi connectivity index (χ0v) is 16.9. The van der Waals surface area contributed by atoms with E-state index in [1.54, 1.807) is 28.6 Å². The highest BCUT2D eigenvalue weighted by Gasteiger charge is 2.14. The largest absolute Gasteiger partial charge is 0.345 e. The number of fused-ring (bicyclic) bond motifs is 1. The molecule has 1 amide bonds. The Hall–Kier alpha value is -1.99. The maximum absolute atomic E-state index is 12.5. The molecule has 0 atom stereocenters. The molecule has 0 aromatic carbocycles. The average molecular weight is 387 g/mol. The lowest BCUT2D eigenvalue weighted by Crippen LogP contribution is -2.30. The molecular formula is C19H22N4OS2. The van der Waals surface area contributed by atoms with Gasteiger partial charge in [-0.1, -0.05) is 18.7 Å². The molecule has 0 spiro atoms. The molecule has 0 radical (unpaired) electrons. The van der Waals surface area contributed by atoms with Crippen molar-refractivity contribution in [3.63, 3.8) is 0 Å². The van der Waals surface area contributed by atoms with Crippen molar-refractivity contribution in [2.45, 2.75) is 31.7 Å². The van der Waals surface area contributed by atoms with Gasteiger partial charge >= 0.3 is 0 Å². The van der Waals surface area contributed by atoms with Crippen LogP contribution >= 0.6 is 23.1 Å². The van der Waals surface area contributed by atoms with Crippen LogP contribution in [-0.4, -0.2) is 45.1 Å². The number of pyridine rings is 1. The van der Waals surface area contributed by atoms with E-state index < -0.39 is 0 Å². The summed E-state index contributed by atoms with van der Waals surface area (Å²) in [4.78, 5) is 29.7. The Morgan fingerprint density at radius 3 is 2.77 bits per heavy atom. The Balaban J connectivity index is 1.62. The van der Waals surface area contributed by atoms with Crippen LogP contribution in [0, 0.1) is 6.92 Å². The maximum Gasteiger partial charge on any atom is 0.232 e. The minimum absolute atomic E-state index is 0.111. The highest BCUT2D eigenvalue weighted by Crippen LogP contribution is 2.31. The van der Waals surface area contributed by atoms with E-state index in [2.05, 4.69) is 27.9 Å². The monoisotopic (exact) mass is 386 g/mol. The summed E-state index contributed by atoms with van der Waals surface area (Å²) in [5.74, 6) is 1.25. The fourth-order valence-corrected chi connectivity index (χ4v) is 4.61. The smallest absolute Gasteiger partial charge is 0.232 e. The third-order valence-corrected chi connectivity index (χ3v) is 6.26. The summed E-state index contributed by atoms with van der Waals surface area (Å²) in [5, 5.41) is 1.97. The van der Waals surface area contributed by atoms with Gasteiger partial charge in [0, 0.05) is 36.2 Å². The van der Waals surface area contributed by atoms with Crippen LogP contribution in [0.5, 0.6) is 0 Å². The predicted molar refractivity (Wildman–Crippen MR) is 108 cm³/mol. The van der Waals surface area contributed by atoms with Gasteiger partial charge in [-0.25, -0.2) is 9.97 Å². The summed E-state index contributed by atoms with van der Waals surface area (Å²) in [6.07, 6.45) is 5.37. The number of hydrogen-bond acceptors (Lipinski definition) is 6. The summed E-state index contributed by atoms with van der Waals surface area (Å²) in [6, 6.07) is 6.12. The van der Waals surface area contributed by atoms with Crippen LogP contribution in [0.25, 0.3) is 10.2 Å². The van der Waals surface area contributed by atoms with E-state index in [1.165, 1.54) is 22.2 Å². The third-order valence-electron chi connectivity index (χ3n) is 4.11. The number of carbonyl (C=O) groups is 1. The van der Waals surface area contributed by atoms with E-state index in [1.807, 2.05) is 26.1 Å². The quantitative estimate of drug-likeness (QED) is 0.457. The number of nitrogens with zero attached hydrogens (tertiary/aromatic N) is 4. The van der Waals surface area contributed by atoms with Crippen molar-refractivity contribution in [3.05, 3.63) is 46.9 Å². The van der Waals surface area contributed by atoms with E-state index in [4.69, 9.17) is 0 Å². The fourth-order valence-electron chi connectivity index (χ4n) is 2.54. The first kappa shape index (κ1) is 18.8. The zero-order valence-electron chi connectivity index (χ0n) is 15.2. The van der Waals surface area contributed by atoms with Crippen LogP contribution in [0.2, 0.25) is 0 Å². The van der Waals surface area contributed by atoms with Crippen LogP contribution in [-0.2, 0) is 17.6 Å². The van der Waals surface area contributed by atoms with E-state index >= 15 is 0 Å². The van der Waals surface area contributed by atoms with Gasteiger partial charge in [-0.3, -0.25) is 9.78 Å². The average Bonchev–Trinajstić information content (AvgIpc) is 3.07. The number of aromatic nitrogens is 3. The van der Waals surface area contributed by atoms with Crippen LogP contribution < -0.4 is 0 Å². The number of thioether (sulfide) groups is 1. The second kappa shape index (κ2) is 8.60. The molecule has 0 unspecified atom stereocenters. The molecule has 3 aromatic rings. The first-order valence-corrected chi connectivity index (χ1v) is 10.4. The molecule has 0 N–H and O–H groups in total. The third kappa shape index (κ3) is 4.59. The van der Waals surface area contributed by atoms with E-state index in [9.17, 15) is 4.79 Å². The molecule has 0 aliphatic rings. The zero-order chi connectivity index (χ0) is 18.5. The summed E-state index contributed by atoms with van der Waals surface area (Å²) in [7, 11) is 1.85. The predicted octanol–water partition coefficient (Wildman–Crippen LogP) is 3.75. The second-order valence-electron chi connectivity index (χ2n) is 6.07. The van der Waals surface area contributed by atoms with Gasteiger partial charge in [-0.2, -0.15) is 0 Å². The molecular weight excluding hydrogens is 364 g/mol. The molecule has 3 heterocycles. The lowest BCUT2D eigenvalue weighted by Gasteiger charge is -2.17. The molecule has 26 heavy (non-hydrogen) atoms. The second-order valence-corrected chi connectivity index (χ2v) is 8.15. The Morgan fingerprint density at radius 1 is 1.27 bits per heavy atom. The van der Waals surface area contributed by atoms with Gasteiger partial charge < -0.3 is 4.90 Å². The number of thiophene rings is 1. The standard InChI is InChI=1S/C19H22N4OS2/c1-4-15-11-16-18(21-13(2)22-19(16)26-15)25-12-17(24)23(3)10-7-14-5-8-20-9-6-14/h5-6,8-9,11H,4,7,10,12H2,1-3H3. The van der Waals surface area contributed by atoms with Crippen molar-refractivity contribution in [1.82, 2.24) is 19.9 Å². The summed E-state index contributed by atoms with van der Waals surface area (Å²) < 4.78 is 0. The number of carbonyl (C=O) groups excluding carboxylic acids is 1. The molecule has 136 valence electrons. The van der Waals surface area contributed by atoms with Gasteiger partial charge in [0.05, 0.1) is 5.75 Å². The SMILES string of the molecule is CCc1cc2c(SCC(=O)N(C)CCc3ccncc3)nc(C)nc2s1. The molecule has 0 fully saturated rings. The summed E-state index contributed by atoms with van der Waals surface area (Å²) >= 11 is 3.21. The van der Waals surface area contributed by atoms with Crippen molar-refractivity contribution in [2.75, 3.05) is 19.3 Å². The van der Waals surface area contributed by atoms with Gasteiger partial charge in [0.25, 0.3) is 0 Å². The van der Waals surface area contributed by atoms with Gasteiger partial charge in [0.1, 0.15) is 15.7 Å². The molecule has 0 aliphatic heterocycles. The first-order chi connectivity index (χ1) is 12.6. The first-order valence-electron chi connectivity index (χ1n) is 8.59. The minimum atomic E-state index is 0.111. The van der Waals surface area contributed by atoms with Gasteiger partial charge in [-0.05, 0) is 43.5 Å². The van der Waals surface area contributed by atoms with Gasteiger partial charge in [0.15, 0.2) is 0 Å². The molecule has 7 heteroatoms. The number of aryl methyl sites for hydroxylation is 2. The van der Waals surface area contributed by atoms with Crippen LogP contribution in [0.4, 0.5) is 0 Å². The molecule has 0 aliphatic carbocycles. The highest BCUT2D eigenvalue weighted by atomic mass is 32.2. The van der Waals surface area contributed by atoms with Gasteiger partial charge in [0.2, 0.25) is 5.91 Å². The molecule has 0 saturated carbocycles. The lowest BCUT2D eigenvalue weighted by atomic mass is 10.2. The molecule has 0 saturated heterocycles. The van der Waals surface area contributed by atoms with Gasteiger partial charge in [-0.15, -0.1) is 11.3 Å². The van der Waals surface area contributed by atoms with Crippen molar-refractivity contribution < 1.29 is 4.79 Å². The lowest BCUT2D eigenvalue weighted by molar-refractivity contribution is -0.127. The van der Waals surface area contributed by atoms with E-state index in [0.29, 0.717) is 12.3 Å². The Kier molecular flexibility index (Phi) is 6.21. The maximum atomic E-state index is 12.5. The molecule has 3 rings (SSSR count). The van der Waals surface area contributed by atoms with Crippen molar-refractivity contribution in [3.8, 4) is 0 Å². The Bertz CT molecular complexity index is 895. The fraction of sp³-hybridized carbons (Fsp3) is 0.368. The topological polar surface area (TPSA) is 59.0 Å². The van der Waals surface area contributed by atoms with Crippen molar-refractivity contribution in [1.29, 1.82) is 0 Å². The van der Waals surface area contributed by atoms with Crippen LogP contribution in [0.15, 0.2) is 35.6 Å². The van der Waals surface area contributed by atoms with E-state index in [-0.39, 0.29) is 5.91 Å². The number of rotatable bonds is 7. The van der Waals surface area contributed by atoms with Crippen LogP contribution in [0.1, 0.15) is 23.2 Å².